The molecular formula is C21H16Cl2FN3O4. The van der Waals surface area contributed by atoms with Crippen molar-refractivity contribution < 1.29 is 23.5 Å². The Bertz CT molecular complexity index is 1060. The molecule has 1 aromatic heterocycles. The maximum absolute atomic E-state index is 13.1. The molecule has 2 aromatic carbocycles. The molecule has 31 heavy (non-hydrogen) atoms. The summed E-state index contributed by atoms with van der Waals surface area (Å²) in [5.41, 5.74) is 0.404. The van der Waals surface area contributed by atoms with E-state index in [1.54, 1.807) is 30.3 Å². The van der Waals surface area contributed by atoms with Gasteiger partial charge in [0.25, 0.3) is 11.8 Å². The number of carbonyl (C=O) groups excluding carboxylic acids is 2. The summed E-state index contributed by atoms with van der Waals surface area (Å²) in [5.74, 6) is -0.358. The molecule has 3 rings (SSSR count). The molecule has 3 aromatic rings. The Morgan fingerprint density at radius 2 is 1.52 bits per heavy atom. The zero-order valence-electron chi connectivity index (χ0n) is 15.9. The van der Waals surface area contributed by atoms with Gasteiger partial charge in [0.2, 0.25) is 0 Å². The summed E-state index contributed by atoms with van der Waals surface area (Å²) in [6, 6.07) is 13.5. The maximum atomic E-state index is 13.1. The zero-order valence-corrected chi connectivity index (χ0v) is 17.4. The molecule has 0 aliphatic carbocycles. The highest BCUT2D eigenvalue weighted by molar-refractivity contribution is 6.31. The monoisotopic (exact) mass is 463 g/mol. The number of hydrogen-bond acceptors (Lipinski definition) is 5. The number of hydrogen-bond donors (Lipinski definition) is 2. The summed E-state index contributed by atoms with van der Waals surface area (Å²) < 4.78 is 23.7. The van der Waals surface area contributed by atoms with Crippen molar-refractivity contribution in [2.45, 2.75) is 0 Å². The van der Waals surface area contributed by atoms with E-state index >= 15 is 0 Å². The number of nitrogens with one attached hydrogen (secondary N) is 2. The molecule has 0 atom stereocenters. The summed E-state index contributed by atoms with van der Waals surface area (Å²) in [6.45, 7) is -0.505. The van der Waals surface area contributed by atoms with Gasteiger partial charge in [-0.3, -0.25) is 9.59 Å². The number of benzene rings is 2. The Hall–Kier alpha value is -3.36. The van der Waals surface area contributed by atoms with Crippen LogP contribution in [-0.2, 0) is 9.59 Å². The summed E-state index contributed by atoms with van der Waals surface area (Å²) in [4.78, 5) is 28.0. The molecule has 0 aliphatic heterocycles. The molecule has 10 heteroatoms. The van der Waals surface area contributed by atoms with Crippen molar-refractivity contribution in [3.8, 4) is 11.5 Å². The van der Waals surface area contributed by atoms with Crippen molar-refractivity contribution in [3.63, 3.8) is 0 Å². The van der Waals surface area contributed by atoms with Crippen molar-refractivity contribution in [2.24, 2.45) is 0 Å². The van der Waals surface area contributed by atoms with Crippen LogP contribution in [0, 0.1) is 5.82 Å². The summed E-state index contributed by atoms with van der Waals surface area (Å²) in [6.07, 6.45) is 1.38. The number of carbonyl (C=O) groups is 2. The van der Waals surface area contributed by atoms with Crippen molar-refractivity contribution >= 4 is 46.5 Å². The second-order valence-electron chi connectivity index (χ2n) is 6.14. The third-order valence-electron chi connectivity index (χ3n) is 3.76. The fraction of sp³-hybridized carbons (Fsp3) is 0.0952. The lowest BCUT2D eigenvalue weighted by molar-refractivity contribution is -0.118. The molecule has 160 valence electrons. The highest BCUT2D eigenvalue weighted by Gasteiger charge is 2.08. The Kier molecular flexibility index (Phi) is 7.64. The first kappa shape index (κ1) is 22.3. The molecule has 0 saturated heterocycles. The van der Waals surface area contributed by atoms with E-state index in [1.807, 2.05) is 0 Å². The van der Waals surface area contributed by atoms with E-state index in [9.17, 15) is 14.0 Å². The average molecular weight is 464 g/mol. The van der Waals surface area contributed by atoms with Crippen LogP contribution in [0.1, 0.15) is 0 Å². The highest BCUT2D eigenvalue weighted by Crippen LogP contribution is 2.21. The number of pyridine rings is 1. The van der Waals surface area contributed by atoms with Crippen molar-refractivity contribution in [1.29, 1.82) is 0 Å². The second kappa shape index (κ2) is 10.6. The number of amides is 2. The number of rotatable bonds is 8. The zero-order chi connectivity index (χ0) is 22.2. The Morgan fingerprint density at radius 1 is 0.871 bits per heavy atom. The van der Waals surface area contributed by atoms with Gasteiger partial charge in [0, 0.05) is 11.1 Å². The standard InChI is InChI=1S/C21H16Cl2FN3O4/c22-13-1-4-15(5-2-13)30-12-21(29)27-19-8-3-14(10-25-19)26-20(28)11-31-16-6-7-18(24)17(23)9-16/h1-10H,11-12H2,(H,26,28)(H,25,27,29). The fourth-order valence-electron chi connectivity index (χ4n) is 2.31. The minimum absolute atomic E-state index is 0.0988. The molecule has 7 nitrogen and oxygen atoms in total. The van der Waals surface area contributed by atoms with Crippen LogP contribution in [0.3, 0.4) is 0 Å². The smallest absolute Gasteiger partial charge is 0.263 e. The topological polar surface area (TPSA) is 89.6 Å². The van der Waals surface area contributed by atoms with Gasteiger partial charge in [0.15, 0.2) is 13.2 Å². The highest BCUT2D eigenvalue weighted by atomic mass is 35.5. The molecule has 0 unspecified atom stereocenters. The summed E-state index contributed by atoms with van der Waals surface area (Å²) in [5, 5.41) is 5.64. The molecule has 2 N–H and O–H groups in total. The third kappa shape index (κ3) is 7.13. The fourth-order valence-corrected chi connectivity index (χ4v) is 2.61. The Morgan fingerprint density at radius 3 is 2.16 bits per heavy atom. The van der Waals surface area contributed by atoms with Gasteiger partial charge in [-0.25, -0.2) is 9.37 Å². The van der Waals surface area contributed by atoms with E-state index in [-0.39, 0.29) is 24.0 Å². The molecule has 0 saturated carbocycles. The van der Waals surface area contributed by atoms with Gasteiger partial charge < -0.3 is 20.1 Å². The molecule has 0 radical (unpaired) electrons. The number of ether oxygens (including phenoxy) is 2. The molecule has 0 aliphatic rings. The van der Waals surface area contributed by atoms with E-state index in [0.717, 1.165) is 6.07 Å². The lowest BCUT2D eigenvalue weighted by Gasteiger charge is -2.09. The predicted octanol–water partition coefficient (Wildman–Crippen LogP) is 4.56. The van der Waals surface area contributed by atoms with Gasteiger partial charge in [-0.1, -0.05) is 23.2 Å². The molecule has 0 bridgehead atoms. The minimum atomic E-state index is -0.576. The van der Waals surface area contributed by atoms with E-state index in [0.29, 0.717) is 22.3 Å². The van der Waals surface area contributed by atoms with Gasteiger partial charge in [-0.2, -0.15) is 0 Å². The molecule has 0 fully saturated rings. The maximum Gasteiger partial charge on any atom is 0.263 e. The summed E-state index contributed by atoms with van der Waals surface area (Å²) >= 11 is 11.4. The Labute approximate surface area is 187 Å². The van der Waals surface area contributed by atoms with Gasteiger partial charge in [-0.05, 0) is 48.5 Å². The van der Waals surface area contributed by atoms with Crippen LogP contribution in [0.4, 0.5) is 15.9 Å². The van der Waals surface area contributed by atoms with Crippen molar-refractivity contribution in [2.75, 3.05) is 23.8 Å². The third-order valence-corrected chi connectivity index (χ3v) is 4.30. The van der Waals surface area contributed by atoms with Gasteiger partial charge in [-0.15, -0.1) is 0 Å². The molecular weight excluding hydrogens is 448 g/mol. The average Bonchev–Trinajstić information content (AvgIpc) is 2.75. The molecule has 1 heterocycles. The van der Waals surface area contributed by atoms with Crippen LogP contribution in [0.25, 0.3) is 0 Å². The van der Waals surface area contributed by atoms with Crippen molar-refractivity contribution in [3.05, 3.63) is 76.7 Å². The van der Waals surface area contributed by atoms with E-state index in [1.165, 1.54) is 24.4 Å². The van der Waals surface area contributed by atoms with Crippen LogP contribution < -0.4 is 20.1 Å². The van der Waals surface area contributed by atoms with Gasteiger partial charge >= 0.3 is 0 Å². The van der Waals surface area contributed by atoms with E-state index in [4.69, 9.17) is 32.7 Å². The van der Waals surface area contributed by atoms with E-state index < -0.39 is 17.6 Å². The van der Waals surface area contributed by atoms with Gasteiger partial charge in [0.1, 0.15) is 23.1 Å². The van der Waals surface area contributed by atoms with Crippen molar-refractivity contribution in [1.82, 2.24) is 4.98 Å². The van der Waals surface area contributed by atoms with Crippen LogP contribution in [0.15, 0.2) is 60.8 Å². The SMILES string of the molecule is O=C(COc1ccc(F)c(Cl)c1)Nc1ccc(NC(=O)COc2ccc(Cl)cc2)nc1. The summed E-state index contributed by atoms with van der Waals surface area (Å²) in [7, 11) is 0. The normalized spacial score (nSPS) is 10.3. The van der Waals surface area contributed by atoms with Crippen LogP contribution in [0.2, 0.25) is 10.0 Å². The predicted molar refractivity (Wildman–Crippen MR) is 115 cm³/mol. The molecule has 0 spiro atoms. The number of anilines is 2. The lowest BCUT2D eigenvalue weighted by Crippen LogP contribution is -2.21. The second-order valence-corrected chi connectivity index (χ2v) is 6.98. The van der Waals surface area contributed by atoms with Crippen LogP contribution >= 0.6 is 23.2 Å². The van der Waals surface area contributed by atoms with Crippen LogP contribution in [-0.4, -0.2) is 30.0 Å². The quantitative estimate of drug-likeness (QED) is 0.510. The lowest BCUT2D eigenvalue weighted by atomic mass is 10.3. The van der Waals surface area contributed by atoms with Crippen LogP contribution in [0.5, 0.6) is 11.5 Å². The first-order valence-corrected chi connectivity index (χ1v) is 9.66. The largest absolute Gasteiger partial charge is 0.484 e. The first-order valence-electron chi connectivity index (χ1n) is 8.91. The van der Waals surface area contributed by atoms with Gasteiger partial charge in [0.05, 0.1) is 16.9 Å². The number of halogens is 3. The van der Waals surface area contributed by atoms with E-state index in [2.05, 4.69) is 15.6 Å². The number of nitrogens with zero attached hydrogens (tertiary/aromatic N) is 1. The minimum Gasteiger partial charge on any atom is -0.484 e. The molecule has 2 amide bonds. The Balaban J connectivity index is 1.43. The first-order chi connectivity index (χ1) is 14.9. The number of aromatic nitrogens is 1.